The Labute approximate surface area is 215 Å². The Kier molecular flexibility index (Phi) is 7.73. The average molecular weight is 530 g/mol. The quantitative estimate of drug-likeness (QED) is 0.213. The van der Waals surface area contributed by atoms with E-state index in [2.05, 4.69) is 15.4 Å². The van der Waals surface area contributed by atoms with Gasteiger partial charge >= 0.3 is 5.97 Å². The lowest BCUT2D eigenvalue weighted by Crippen LogP contribution is -2.20. The van der Waals surface area contributed by atoms with Crippen LogP contribution >= 0.6 is 23.6 Å². The molecule has 1 aliphatic rings. The van der Waals surface area contributed by atoms with Crippen molar-refractivity contribution in [3.63, 3.8) is 0 Å². The van der Waals surface area contributed by atoms with Crippen molar-refractivity contribution in [1.82, 2.24) is 0 Å². The van der Waals surface area contributed by atoms with Crippen LogP contribution in [0.15, 0.2) is 53.4 Å². The van der Waals surface area contributed by atoms with Crippen molar-refractivity contribution in [2.24, 2.45) is 0 Å². The molecule has 184 valence electrons. The number of carbonyl (C=O) groups is 1. The number of sulfonamides is 1. The molecule has 3 N–H and O–H groups in total. The molecule has 35 heavy (non-hydrogen) atoms. The van der Waals surface area contributed by atoms with Crippen molar-refractivity contribution in [3.05, 3.63) is 70.1 Å². The number of para-hydroxylation sites is 1. The van der Waals surface area contributed by atoms with E-state index in [1.165, 1.54) is 35.5 Å². The van der Waals surface area contributed by atoms with E-state index in [0.29, 0.717) is 27.1 Å². The number of nitrogens with one attached hydrogen (secondary N) is 3. The van der Waals surface area contributed by atoms with Crippen molar-refractivity contribution in [2.45, 2.75) is 43.9 Å². The number of benzene rings is 2. The fourth-order valence-electron chi connectivity index (χ4n) is 4.02. The van der Waals surface area contributed by atoms with Gasteiger partial charge in [-0.05, 0) is 86.3 Å². The van der Waals surface area contributed by atoms with E-state index >= 15 is 0 Å². The molecule has 0 radical (unpaired) electrons. The van der Waals surface area contributed by atoms with E-state index in [1.54, 1.807) is 24.3 Å². The molecule has 1 heterocycles. The third-order valence-electron chi connectivity index (χ3n) is 5.85. The van der Waals surface area contributed by atoms with Gasteiger partial charge in [0.1, 0.15) is 5.00 Å². The zero-order valence-electron chi connectivity index (χ0n) is 19.5. The van der Waals surface area contributed by atoms with E-state index in [-0.39, 0.29) is 10.9 Å². The number of thiophene rings is 1. The number of methoxy groups -OCH3 is 1. The maximum atomic E-state index is 12.8. The monoisotopic (exact) mass is 529 g/mol. The standard InChI is InChI=1S/C25H27N3O4S3/c1-16-8-6-7-10-20(16)28-35(30,31)18-14-12-17(13-15-18)26-25(33)27-23-22(24(29)32-2)19-9-4-3-5-11-21(19)34-23/h6-8,10,12-15,28H,3-5,9,11H2,1-2H3,(H2,26,27,33). The average Bonchev–Trinajstić information content (AvgIpc) is 3.00. The van der Waals surface area contributed by atoms with Crippen LogP contribution in [0.2, 0.25) is 0 Å². The Morgan fingerprint density at radius 3 is 2.43 bits per heavy atom. The summed E-state index contributed by atoms with van der Waals surface area (Å²) < 4.78 is 33.2. The minimum absolute atomic E-state index is 0.139. The molecule has 7 nitrogen and oxygen atoms in total. The minimum atomic E-state index is -3.73. The molecule has 0 fully saturated rings. The number of anilines is 3. The zero-order chi connectivity index (χ0) is 25.0. The molecule has 3 aromatic rings. The number of carbonyl (C=O) groups excluding carboxylic acids is 1. The second kappa shape index (κ2) is 10.8. The van der Waals surface area contributed by atoms with Crippen LogP contribution in [-0.4, -0.2) is 26.6 Å². The highest BCUT2D eigenvalue weighted by Crippen LogP contribution is 2.38. The number of aryl methyl sites for hydroxylation is 2. The zero-order valence-corrected chi connectivity index (χ0v) is 22.0. The fourth-order valence-corrected chi connectivity index (χ4v) is 6.72. The van der Waals surface area contributed by atoms with Gasteiger partial charge in [0, 0.05) is 10.6 Å². The number of hydrogen-bond donors (Lipinski definition) is 3. The maximum absolute atomic E-state index is 12.8. The molecule has 0 spiro atoms. The normalized spacial score (nSPS) is 13.3. The number of rotatable bonds is 6. The van der Waals surface area contributed by atoms with Gasteiger partial charge in [0.05, 0.1) is 23.3 Å². The second-order valence-corrected chi connectivity index (χ2v) is 11.5. The molecule has 0 unspecified atom stereocenters. The number of fused-ring (bicyclic) bond motifs is 1. The summed E-state index contributed by atoms with van der Waals surface area (Å²) in [7, 11) is -2.35. The molecule has 10 heteroatoms. The predicted octanol–water partition coefficient (Wildman–Crippen LogP) is 5.72. The summed E-state index contributed by atoms with van der Waals surface area (Å²) in [5, 5.41) is 7.18. The van der Waals surface area contributed by atoms with E-state index < -0.39 is 10.0 Å². The maximum Gasteiger partial charge on any atom is 0.341 e. The lowest BCUT2D eigenvalue weighted by molar-refractivity contribution is 0.0601. The first-order chi connectivity index (χ1) is 16.8. The summed E-state index contributed by atoms with van der Waals surface area (Å²) in [6, 6.07) is 13.5. The molecule has 0 saturated carbocycles. The fraction of sp³-hybridized carbons (Fsp3) is 0.280. The van der Waals surface area contributed by atoms with Crippen LogP contribution in [0.4, 0.5) is 16.4 Å². The molecular formula is C25H27N3O4S3. The number of hydrogen-bond acceptors (Lipinski definition) is 6. The molecule has 4 rings (SSSR count). The highest BCUT2D eigenvalue weighted by atomic mass is 32.2. The molecule has 1 aliphatic carbocycles. The summed E-state index contributed by atoms with van der Waals surface area (Å²) in [4.78, 5) is 13.9. The molecular weight excluding hydrogens is 502 g/mol. The van der Waals surface area contributed by atoms with Crippen LogP contribution < -0.4 is 15.4 Å². The third-order valence-corrected chi connectivity index (χ3v) is 8.64. The topological polar surface area (TPSA) is 96.5 Å². The molecule has 0 aliphatic heterocycles. The first-order valence-electron chi connectivity index (χ1n) is 11.3. The first kappa shape index (κ1) is 25.2. The Bertz CT molecular complexity index is 1350. The largest absolute Gasteiger partial charge is 0.465 e. The Hall–Kier alpha value is -2.95. The van der Waals surface area contributed by atoms with E-state index in [1.807, 2.05) is 19.1 Å². The van der Waals surface area contributed by atoms with Gasteiger partial charge in [-0.3, -0.25) is 4.72 Å². The number of thiocarbonyl (C=S) groups is 1. The van der Waals surface area contributed by atoms with Crippen LogP contribution in [0, 0.1) is 6.92 Å². The highest BCUT2D eigenvalue weighted by Gasteiger charge is 2.26. The lowest BCUT2D eigenvalue weighted by atomic mass is 10.1. The minimum Gasteiger partial charge on any atom is -0.465 e. The molecule has 1 aromatic heterocycles. The summed E-state index contributed by atoms with van der Waals surface area (Å²) >= 11 is 7.02. The Morgan fingerprint density at radius 1 is 1.00 bits per heavy atom. The van der Waals surface area contributed by atoms with Crippen molar-refractivity contribution in [1.29, 1.82) is 0 Å². The van der Waals surface area contributed by atoms with Crippen molar-refractivity contribution in [3.8, 4) is 0 Å². The lowest BCUT2D eigenvalue weighted by Gasteiger charge is -2.13. The van der Waals surface area contributed by atoms with E-state index in [4.69, 9.17) is 17.0 Å². The van der Waals surface area contributed by atoms with Gasteiger partial charge in [-0.15, -0.1) is 11.3 Å². The van der Waals surface area contributed by atoms with Gasteiger partial charge in [-0.1, -0.05) is 24.6 Å². The highest BCUT2D eigenvalue weighted by molar-refractivity contribution is 7.92. The summed E-state index contributed by atoms with van der Waals surface area (Å²) in [5.74, 6) is -0.370. The summed E-state index contributed by atoms with van der Waals surface area (Å²) in [5.41, 5.74) is 3.61. The van der Waals surface area contributed by atoms with Gasteiger partial charge < -0.3 is 15.4 Å². The number of esters is 1. The first-order valence-corrected chi connectivity index (χ1v) is 14.0. The second-order valence-electron chi connectivity index (χ2n) is 8.28. The van der Waals surface area contributed by atoms with Gasteiger partial charge in [-0.25, -0.2) is 13.2 Å². The summed E-state index contributed by atoms with van der Waals surface area (Å²) in [6.07, 6.45) is 5.09. The van der Waals surface area contributed by atoms with Crippen molar-refractivity contribution < 1.29 is 17.9 Å². The van der Waals surface area contributed by atoms with E-state index in [0.717, 1.165) is 43.2 Å². The van der Waals surface area contributed by atoms with E-state index in [9.17, 15) is 13.2 Å². The van der Waals surface area contributed by atoms with Crippen molar-refractivity contribution in [2.75, 3.05) is 22.5 Å². The van der Waals surface area contributed by atoms with Crippen LogP contribution in [-0.2, 0) is 27.6 Å². The van der Waals surface area contributed by atoms with Gasteiger partial charge in [-0.2, -0.15) is 0 Å². The predicted molar refractivity (Wildman–Crippen MR) is 145 cm³/mol. The van der Waals surface area contributed by atoms with Crippen LogP contribution in [0.5, 0.6) is 0 Å². The smallest absolute Gasteiger partial charge is 0.341 e. The molecule has 2 aromatic carbocycles. The van der Waals surface area contributed by atoms with Gasteiger partial charge in [0.15, 0.2) is 5.11 Å². The molecule has 0 atom stereocenters. The van der Waals surface area contributed by atoms with Crippen LogP contribution in [0.1, 0.15) is 45.6 Å². The van der Waals surface area contributed by atoms with Gasteiger partial charge in [0.2, 0.25) is 0 Å². The Balaban J connectivity index is 1.47. The molecule has 0 amide bonds. The molecule has 0 bridgehead atoms. The van der Waals surface area contributed by atoms with Crippen molar-refractivity contribution >= 4 is 61.0 Å². The Morgan fingerprint density at radius 2 is 1.71 bits per heavy atom. The van der Waals surface area contributed by atoms with Gasteiger partial charge in [0.25, 0.3) is 10.0 Å². The number of ether oxygens (including phenoxy) is 1. The SMILES string of the molecule is COC(=O)c1c(NC(=S)Nc2ccc(S(=O)(=O)Nc3ccccc3C)cc2)sc2c1CCCCC2. The van der Waals surface area contributed by atoms with Crippen LogP contribution in [0.3, 0.4) is 0 Å². The third kappa shape index (κ3) is 5.83. The van der Waals surface area contributed by atoms with Crippen LogP contribution in [0.25, 0.3) is 0 Å². The molecule has 0 saturated heterocycles. The summed E-state index contributed by atoms with van der Waals surface area (Å²) in [6.45, 7) is 1.84.